The van der Waals surface area contributed by atoms with Crippen LogP contribution in [0.2, 0.25) is 0 Å². The van der Waals surface area contributed by atoms with Gasteiger partial charge < -0.3 is 14.8 Å². The van der Waals surface area contributed by atoms with E-state index in [2.05, 4.69) is 15.0 Å². The summed E-state index contributed by atoms with van der Waals surface area (Å²) in [5, 5.41) is 3.00. The van der Waals surface area contributed by atoms with Gasteiger partial charge in [0, 0.05) is 25.6 Å². The number of piperidine rings is 1. The van der Waals surface area contributed by atoms with Crippen LogP contribution in [0, 0.1) is 5.92 Å². The van der Waals surface area contributed by atoms with Crippen molar-refractivity contribution in [1.29, 1.82) is 0 Å². The maximum Gasteiger partial charge on any atom is 0.573 e. The molecule has 0 saturated carbocycles. The first kappa shape index (κ1) is 19.9. The zero-order valence-electron chi connectivity index (χ0n) is 15.1. The second kappa shape index (κ2) is 8.93. The highest BCUT2D eigenvalue weighted by molar-refractivity contribution is 5.78. The van der Waals surface area contributed by atoms with Gasteiger partial charge in [-0.05, 0) is 56.5 Å². The zero-order chi connectivity index (χ0) is 19.3. The van der Waals surface area contributed by atoms with Crippen LogP contribution in [0.25, 0.3) is 0 Å². The van der Waals surface area contributed by atoms with Crippen molar-refractivity contribution in [2.75, 3.05) is 26.2 Å². The Kier molecular flexibility index (Phi) is 6.59. The first-order valence-corrected chi connectivity index (χ1v) is 9.35. The maximum absolute atomic E-state index is 12.3. The Hall–Kier alpha value is -1.80. The van der Waals surface area contributed by atoms with E-state index in [0.29, 0.717) is 13.1 Å². The molecule has 2 aliphatic heterocycles. The second-order valence-electron chi connectivity index (χ2n) is 7.12. The summed E-state index contributed by atoms with van der Waals surface area (Å²) >= 11 is 0. The molecule has 0 unspecified atom stereocenters. The number of nitrogens with one attached hydrogen (secondary N) is 1. The average Bonchev–Trinajstić information content (AvgIpc) is 3.14. The van der Waals surface area contributed by atoms with Crippen molar-refractivity contribution < 1.29 is 27.4 Å². The minimum atomic E-state index is -4.67. The predicted octanol–water partition coefficient (Wildman–Crippen LogP) is 3.09. The molecule has 0 bridgehead atoms. The number of ether oxygens (including phenoxy) is 2. The lowest BCUT2D eigenvalue weighted by Gasteiger charge is -2.31. The molecule has 150 valence electrons. The summed E-state index contributed by atoms with van der Waals surface area (Å²) in [6.45, 7) is 3.60. The van der Waals surface area contributed by atoms with Crippen LogP contribution in [0.4, 0.5) is 13.2 Å². The van der Waals surface area contributed by atoms with E-state index in [0.717, 1.165) is 50.9 Å². The van der Waals surface area contributed by atoms with Crippen molar-refractivity contribution in [3.63, 3.8) is 0 Å². The molecule has 8 heteroatoms. The lowest BCUT2D eigenvalue weighted by atomic mass is 9.95. The molecule has 1 amide bonds. The Morgan fingerprint density at radius 1 is 1.19 bits per heavy atom. The standard InChI is InChI=1S/C19H25F3N2O3/c20-19(21,22)27-16-5-3-14(4-6-16)13-24-9-7-15(8-10-24)18(25)23-12-17-2-1-11-26-17/h3-6,15,17H,1-2,7-13H2,(H,23,25)/t17-/m1/s1. The van der Waals surface area contributed by atoms with Gasteiger partial charge in [-0.3, -0.25) is 9.69 Å². The Balaban J connectivity index is 1.39. The van der Waals surface area contributed by atoms with Crippen molar-refractivity contribution in [2.45, 2.75) is 44.7 Å². The minimum absolute atomic E-state index is 0.0187. The molecule has 27 heavy (non-hydrogen) atoms. The SMILES string of the molecule is O=C(NC[C@H]1CCCO1)C1CCN(Cc2ccc(OC(F)(F)F)cc2)CC1. The summed E-state index contributed by atoms with van der Waals surface area (Å²) in [6, 6.07) is 5.94. The van der Waals surface area contributed by atoms with Crippen LogP contribution in [-0.2, 0) is 16.1 Å². The molecule has 1 N–H and O–H groups in total. The maximum atomic E-state index is 12.3. The van der Waals surface area contributed by atoms with Gasteiger partial charge in [0.25, 0.3) is 0 Å². The van der Waals surface area contributed by atoms with Crippen LogP contribution >= 0.6 is 0 Å². The number of rotatable bonds is 6. The van der Waals surface area contributed by atoms with Crippen LogP contribution in [0.15, 0.2) is 24.3 Å². The van der Waals surface area contributed by atoms with E-state index in [9.17, 15) is 18.0 Å². The molecule has 3 rings (SSSR count). The van der Waals surface area contributed by atoms with E-state index in [-0.39, 0.29) is 23.7 Å². The van der Waals surface area contributed by atoms with Gasteiger partial charge in [-0.2, -0.15) is 0 Å². The van der Waals surface area contributed by atoms with Gasteiger partial charge in [0.15, 0.2) is 0 Å². The summed E-state index contributed by atoms with van der Waals surface area (Å²) in [6.07, 6.45) is -0.890. The fraction of sp³-hybridized carbons (Fsp3) is 0.632. The summed E-state index contributed by atoms with van der Waals surface area (Å²) in [7, 11) is 0. The Morgan fingerprint density at radius 3 is 2.48 bits per heavy atom. The van der Waals surface area contributed by atoms with Crippen LogP contribution in [0.1, 0.15) is 31.2 Å². The van der Waals surface area contributed by atoms with E-state index in [1.54, 1.807) is 12.1 Å². The molecule has 2 heterocycles. The zero-order valence-corrected chi connectivity index (χ0v) is 15.1. The largest absolute Gasteiger partial charge is 0.573 e. The monoisotopic (exact) mass is 386 g/mol. The summed E-state index contributed by atoms with van der Waals surface area (Å²) in [5.74, 6) is -0.100. The molecule has 0 aliphatic carbocycles. The number of hydrogen-bond donors (Lipinski definition) is 1. The molecule has 1 aromatic carbocycles. The van der Waals surface area contributed by atoms with Gasteiger partial charge in [0.1, 0.15) is 5.75 Å². The molecule has 2 fully saturated rings. The molecule has 5 nitrogen and oxygen atoms in total. The number of carbonyl (C=O) groups excluding carboxylic acids is 1. The predicted molar refractivity (Wildman–Crippen MR) is 93.1 cm³/mol. The number of likely N-dealkylation sites (tertiary alicyclic amines) is 1. The molecule has 0 spiro atoms. The van der Waals surface area contributed by atoms with E-state index >= 15 is 0 Å². The molecule has 0 aromatic heterocycles. The van der Waals surface area contributed by atoms with Crippen LogP contribution < -0.4 is 10.1 Å². The topological polar surface area (TPSA) is 50.8 Å². The van der Waals surface area contributed by atoms with Crippen molar-refractivity contribution in [1.82, 2.24) is 10.2 Å². The van der Waals surface area contributed by atoms with Gasteiger partial charge >= 0.3 is 6.36 Å². The highest BCUT2D eigenvalue weighted by atomic mass is 19.4. The number of carbonyl (C=O) groups is 1. The minimum Gasteiger partial charge on any atom is -0.406 e. The lowest BCUT2D eigenvalue weighted by Crippen LogP contribution is -2.42. The molecule has 1 aromatic rings. The first-order valence-electron chi connectivity index (χ1n) is 9.35. The fourth-order valence-electron chi connectivity index (χ4n) is 3.57. The number of halogens is 3. The van der Waals surface area contributed by atoms with E-state index < -0.39 is 6.36 Å². The number of nitrogens with zero attached hydrogens (tertiary/aromatic N) is 1. The van der Waals surface area contributed by atoms with Crippen molar-refractivity contribution >= 4 is 5.91 Å². The number of amides is 1. The first-order chi connectivity index (χ1) is 12.9. The summed E-state index contributed by atoms with van der Waals surface area (Å²) in [5.41, 5.74) is 0.922. The third-order valence-electron chi connectivity index (χ3n) is 5.05. The van der Waals surface area contributed by atoms with E-state index in [1.165, 1.54) is 12.1 Å². The van der Waals surface area contributed by atoms with E-state index in [1.807, 2.05) is 0 Å². The van der Waals surface area contributed by atoms with Crippen molar-refractivity contribution in [2.24, 2.45) is 5.92 Å². The molecular weight excluding hydrogens is 361 g/mol. The van der Waals surface area contributed by atoms with Crippen LogP contribution in [-0.4, -0.2) is 49.5 Å². The Morgan fingerprint density at radius 2 is 1.89 bits per heavy atom. The molecular formula is C19H25F3N2O3. The van der Waals surface area contributed by atoms with Gasteiger partial charge in [0.05, 0.1) is 6.10 Å². The Labute approximate surface area is 156 Å². The lowest BCUT2D eigenvalue weighted by molar-refractivity contribution is -0.274. The van der Waals surface area contributed by atoms with E-state index in [4.69, 9.17) is 4.74 Å². The van der Waals surface area contributed by atoms with Gasteiger partial charge in [0.2, 0.25) is 5.91 Å². The number of benzene rings is 1. The fourth-order valence-corrected chi connectivity index (χ4v) is 3.57. The smallest absolute Gasteiger partial charge is 0.406 e. The summed E-state index contributed by atoms with van der Waals surface area (Å²) < 4.78 is 46.0. The number of alkyl halides is 3. The van der Waals surface area contributed by atoms with Gasteiger partial charge in [-0.1, -0.05) is 12.1 Å². The highest BCUT2D eigenvalue weighted by Crippen LogP contribution is 2.24. The van der Waals surface area contributed by atoms with Crippen molar-refractivity contribution in [3.8, 4) is 5.75 Å². The van der Waals surface area contributed by atoms with Crippen molar-refractivity contribution in [3.05, 3.63) is 29.8 Å². The normalized spacial score (nSPS) is 22.0. The molecule has 1 atom stereocenters. The average molecular weight is 386 g/mol. The van der Waals surface area contributed by atoms with Gasteiger partial charge in [-0.15, -0.1) is 13.2 Å². The molecule has 2 saturated heterocycles. The highest BCUT2D eigenvalue weighted by Gasteiger charge is 2.31. The second-order valence-corrected chi connectivity index (χ2v) is 7.12. The van der Waals surface area contributed by atoms with Gasteiger partial charge in [-0.25, -0.2) is 0 Å². The third kappa shape index (κ3) is 6.39. The van der Waals surface area contributed by atoms with Crippen LogP contribution in [0.3, 0.4) is 0 Å². The molecule has 2 aliphatic rings. The number of hydrogen-bond acceptors (Lipinski definition) is 4. The Bertz CT molecular complexity index is 608. The summed E-state index contributed by atoms with van der Waals surface area (Å²) in [4.78, 5) is 14.5. The molecule has 0 radical (unpaired) electrons. The van der Waals surface area contributed by atoms with Crippen LogP contribution in [0.5, 0.6) is 5.75 Å². The third-order valence-corrected chi connectivity index (χ3v) is 5.05. The quantitative estimate of drug-likeness (QED) is 0.816.